The number of esters is 2. The lowest BCUT2D eigenvalue weighted by Crippen LogP contribution is -2.53. The van der Waals surface area contributed by atoms with Gasteiger partial charge in [-0.1, -0.05) is 92.0 Å². The van der Waals surface area contributed by atoms with Crippen LogP contribution in [0.25, 0.3) is 0 Å². The fourth-order valence-corrected chi connectivity index (χ4v) is 8.94. The van der Waals surface area contributed by atoms with Crippen LogP contribution in [0.15, 0.2) is 22.5 Å². The molecule has 0 spiro atoms. The van der Waals surface area contributed by atoms with Crippen molar-refractivity contribution in [3.8, 4) is 0 Å². The molecule has 27 heteroatoms. The third-order valence-electron chi connectivity index (χ3n) is 9.59. The van der Waals surface area contributed by atoms with Crippen LogP contribution in [0.2, 0.25) is 0 Å². The number of carbonyl (C=O) groups is 8. The van der Waals surface area contributed by atoms with Crippen LogP contribution >= 0.6 is 34.9 Å². The van der Waals surface area contributed by atoms with Gasteiger partial charge in [-0.3, -0.25) is 38.3 Å². The van der Waals surface area contributed by atoms with E-state index in [0.29, 0.717) is 35.1 Å². The van der Waals surface area contributed by atoms with Gasteiger partial charge in [-0.05, 0) is 44.6 Å². The number of allylic oxidation sites excluding steroid dienone is 1. The van der Waals surface area contributed by atoms with E-state index in [1.54, 1.807) is 13.0 Å². The summed E-state index contributed by atoms with van der Waals surface area (Å²) in [6.07, 6.45) is 6.88. The number of unbranched alkanes of at least 4 members (excludes halogenated alkanes) is 4. The van der Waals surface area contributed by atoms with E-state index in [4.69, 9.17) is 41.2 Å². The summed E-state index contributed by atoms with van der Waals surface area (Å²) < 4.78 is 38.7. The summed E-state index contributed by atoms with van der Waals surface area (Å²) in [7, 11) is -2.99. The van der Waals surface area contributed by atoms with Gasteiger partial charge in [0, 0.05) is 23.3 Å². The van der Waals surface area contributed by atoms with Gasteiger partial charge in [-0.2, -0.15) is 8.42 Å². The Morgan fingerprint density at radius 1 is 1.07 bits per heavy atom. The van der Waals surface area contributed by atoms with Crippen molar-refractivity contribution in [1.29, 1.82) is 0 Å². The molecule has 2 aliphatic rings. The number of thioether (sulfide) groups is 2. The number of nitrogens with two attached hydrogens (primary N) is 2. The van der Waals surface area contributed by atoms with Crippen LogP contribution in [-0.2, 0) is 64.5 Å². The molecule has 1 aromatic rings. The first-order valence-corrected chi connectivity index (χ1v) is 27.6. The minimum Gasteiger partial charge on any atom is -0.481 e. The molecule has 0 radical (unpaired) electrons. The van der Waals surface area contributed by atoms with Gasteiger partial charge in [0.2, 0.25) is 11.8 Å². The highest BCUT2D eigenvalue weighted by atomic mass is 32.2. The number of carbonyl (C=O) groups excluding carboxylic acids is 5. The normalized spacial score (nSPS) is 19.6. The van der Waals surface area contributed by atoms with E-state index in [0.717, 1.165) is 24.8 Å². The van der Waals surface area contributed by atoms with Crippen molar-refractivity contribution < 1.29 is 81.2 Å². The number of amides is 2. The molecule has 23 nitrogen and oxygen atoms in total. The standard InChI is InChI=1S/C29H42N4O5S3.C6H13NO2.C4H9NO5S.C4H6O5.C2H6/c1-5-6-7-8-9-13-24(35)39-14-11-10-12-20-15-22(34)30-16-23-31-21(17-40-23)26-33-29(4,18-41-26)28(37)32-25(19(2)3)27(36)38-20;1-4(2)5(7)6(8)9-3;1-4(5,3(6)7)2-11(8,9)10;5-2(4(8)9)1-3(6)7;1-2/h10,12,17,19-20,25H,5-9,11,13-16,18H2,1-4H3,(H,30,34)(H,32,37);4-5H,7H2,1-3H3;2,5H2,1H3,(H,6,7)(H,8,9,10);2,5H,1H2,(H,6,7)(H,8,9);1-2H3/b12-10+;;;;. The molecule has 6 unspecified atom stereocenters. The SMILES string of the molecule is CC.CC(N)(CS(=O)(=O)O)C(=O)O.CCCCCCCC(=O)SCC/C=C/C1CC(=O)NCc2nc(cs2)C2=NC(C)(CS2)C(=O)NC(C(C)C)C(=O)O1.COC(=O)C(N)C(C)C.O=C(O)CC(O)C(=O)O. The summed E-state index contributed by atoms with van der Waals surface area (Å²) in [6.45, 7) is 16.6. The number of thiazole rings is 1. The van der Waals surface area contributed by atoms with Gasteiger partial charge in [0.15, 0.2) is 11.2 Å². The van der Waals surface area contributed by atoms with Crippen molar-refractivity contribution in [1.82, 2.24) is 15.6 Å². The quantitative estimate of drug-likeness (QED) is 0.0412. The van der Waals surface area contributed by atoms with E-state index in [-0.39, 0.29) is 47.7 Å². The lowest BCUT2D eigenvalue weighted by atomic mass is 10.0. The molecule has 72 heavy (non-hydrogen) atoms. The Morgan fingerprint density at radius 3 is 2.15 bits per heavy atom. The molecular weight excluding hydrogens is 1020 g/mol. The van der Waals surface area contributed by atoms with Crippen LogP contribution in [-0.4, -0.2) is 150 Å². The molecule has 4 bridgehead atoms. The molecule has 3 heterocycles. The Hall–Kier alpha value is -4.51. The first kappa shape index (κ1) is 69.6. The molecule has 0 fully saturated rings. The molecule has 3 rings (SSSR count). The summed E-state index contributed by atoms with van der Waals surface area (Å²) in [5, 5.41) is 41.6. The molecule has 0 aliphatic carbocycles. The first-order valence-electron chi connectivity index (χ1n) is 23.1. The molecule has 0 aromatic carbocycles. The zero-order valence-electron chi connectivity index (χ0n) is 42.7. The fourth-order valence-electron chi connectivity index (χ4n) is 5.37. The zero-order chi connectivity index (χ0) is 56.0. The van der Waals surface area contributed by atoms with Gasteiger partial charge in [-0.25, -0.2) is 14.6 Å². The predicted octanol–water partition coefficient (Wildman–Crippen LogP) is 3.79. The summed E-state index contributed by atoms with van der Waals surface area (Å²) >= 11 is 4.18. The highest BCUT2D eigenvalue weighted by Gasteiger charge is 2.42. The number of aliphatic hydroxyl groups is 1. The van der Waals surface area contributed by atoms with Crippen molar-refractivity contribution in [3.63, 3.8) is 0 Å². The van der Waals surface area contributed by atoms with E-state index < -0.39 is 81.5 Å². The second kappa shape index (κ2) is 35.6. The van der Waals surface area contributed by atoms with E-state index in [2.05, 4.69) is 32.3 Å². The maximum atomic E-state index is 13.3. The van der Waals surface area contributed by atoms with Gasteiger partial charge >= 0.3 is 29.8 Å². The number of hydrogen-bond acceptors (Lipinski definition) is 20. The lowest BCUT2D eigenvalue weighted by Gasteiger charge is -2.27. The highest BCUT2D eigenvalue weighted by molar-refractivity contribution is 8.14. The van der Waals surface area contributed by atoms with Gasteiger partial charge < -0.3 is 52.0 Å². The topological polar surface area (TPSA) is 392 Å². The fraction of sp³-hybridized carbons (Fsp3) is 0.689. The number of aromatic nitrogens is 1. The second-order valence-electron chi connectivity index (χ2n) is 17.1. The number of carboxylic acids is 3. The Bertz CT molecular complexity index is 2080. The molecule has 1 aromatic heterocycles. The van der Waals surface area contributed by atoms with E-state index in [9.17, 15) is 46.8 Å². The number of aliphatic carboxylic acids is 3. The number of nitrogens with one attached hydrogen (secondary N) is 2. The van der Waals surface area contributed by atoms with E-state index in [1.807, 2.05) is 53.0 Å². The third kappa shape index (κ3) is 29.9. The van der Waals surface area contributed by atoms with Gasteiger partial charge in [0.1, 0.15) is 50.8 Å². The number of fused-ring (bicyclic) bond motifs is 4. The Balaban J connectivity index is 0. The summed E-state index contributed by atoms with van der Waals surface area (Å²) in [4.78, 5) is 101. The van der Waals surface area contributed by atoms with Crippen LogP contribution in [0.5, 0.6) is 0 Å². The monoisotopic (exact) mass is 1100 g/mol. The number of rotatable bonds is 19. The van der Waals surface area contributed by atoms with E-state index >= 15 is 0 Å². The summed E-state index contributed by atoms with van der Waals surface area (Å²) in [6, 6.07) is -1.37. The smallest absolute Gasteiger partial charge is 0.333 e. The maximum absolute atomic E-state index is 13.3. The Morgan fingerprint density at radius 2 is 1.68 bits per heavy atom. The van der Waals surface area contributed by atoms with Crippen molar-refractivity contribution >= 4 is 96.8 Å². The average Bonchev–Trinajstić information content (AvgIpc) is 3.94. The molecule has 6 atom stereocenters. The number of ether oxygens (including phenoxy) is 2. The number of nitrogens with zero attached hydrogens (tertiary/aromatic N) is 2. The summed E-state index contributed by atoms with van der Waals surface area (Å²) in [5.74, 6) is -5.93. The van der Waals surface area contributed by atoms with Crippen LogP contribution in [0, 0.1) is 11.8 Å². The van der Waals surface area contributed by atoms with E-state index in [1.165, 1.54) is 61.2 Å². The highest BCUT2D eigenvalue weighted by Crippen LogP contribution is 2.32. The minimum atomic E-state index is -4.33. The van der Waals surface area contributed by atoms with Crippen LogP contribution in [0.1, 0.15) is 131 Å². The Kier molecular flexibility index (Phi) is 34.4. The van der Waals surface area contributed by atoms with Crippen molar-refractivity contribution in [3.05, 3.63) is 28.2 Å². The molecule has 2 aliphatic heterocycles. The molecular formula is C45H76N6O17S4. The summed E-state index contributed by atoms with van der Waals surface area (Å²) in [5.41, 5.74) is 8.11. The molecule has 2 amide bonds. The predicted molar refractivity (Wildman–Crippen MR) is 276 cm³/mol. The van der Waals surface area contributed by atoms with Gasteiger partial charge in [0.25, 0.3) is 10.1 Å². The molecule has 0 saturated heterocycles. The largest absolute Gasteiger partial charge is 0.481 e. The molecule has 0 saturated carbocycles. The lowest BCUT2D eigenvalue weighted by molar-refractivity contribution is -0.153. The van der Waals surface area contributed by atoms with Crippen molar-refractivity contribution in [2.45, 2.75) is 162 Å². The first-order chi connectivity index (χ1) is 33.4. The third-order valence-corrected chi connectivity index (χ3v) is 13.7. The van der Waals surface area contributed by atoms with Crippen LogP contribution in [0.3, 0.4) is 0 Å². The minimum absolute atomic E-state index is 0.0661. The van der Waals surface area contributed by atoms with Crippen molar-refractivity contribution in [2.75, 3.05) is 24.4 Å². The number of cyclic esters (lactones) is 1. The van der Waals surface area contributed by atoms with Gasteiger partial charge in [-0.15, -0.1) is 23.1 Å². The zero-order valence-corrected chi connectivity index (χ0v) is 46.0. The number of carboxylic acid groups (broad SMARTS) is 3. The van der Waals surface area contributed by atoms with Crippen molar-refractivity contribution in [2.24, 2.45) is 28.3 Å². The number of aliphatic imine (C=N–C) groups is 1. The number of aliphatic hydroxyl groups excluding tert-OH is 1. The Labute approximate surface area is 434 Å². The van der Waals surface area contributed by atoms with Gasteiger partial charge in [0.05, 0.1) is 26.5 Å². The van der Waals surface area contributed by atoms with Crippen LogP contribution in [0.4, 0.5) is 0 Å². The van der Waals surface area contributed by atoms with Crippen LogP contribution < -0.4 is 22.1 Å². The number of methoxy groups -OCH3 is 1. The second-order valence-corrected chi connectivity index (χ2v) is 21.6. The average molecular weight is 1100 g/mol. The number of hydrogen-bond donors (Lipinski definition) is 9. The maximum Gasteiger partial charge on any atom is 0.333 e. The molecule has 412 valence electrons. The molecule has 11 N–H and O–H groups in total.